The van der Waals surface area contributed by atoms with E-state index in [2.05, 4.69) is 16.1 Å². The molecule has 6 heteroatoms. The molecule has 0 fully saturated rings. The van der Waals surface area contributed by atoms with Gasteiger partial charge in [-0.1, -0.05) is 19.1 Å². The molecule has 0 bridgehead atoms. The predicted molar refractivity (Wildman–Crippen MR) is 99.2 cm³/mol. The third kappa shape index (κ3) is 4.32. The first kappa shape index (κ1) is 18.2. The average molecular weight is 355 g/mol. The van der Waals surface area contributed by atoms with Crippen molar-refractivity contribution >= 4 is 0 Å². The van der Waals surface area contributed by atoms with Crippen LogP contribution in [0.25, 0.3) is 11.6 Å². The van der Waals surface area contributed by atoms with Crippen LogP contribution in [-0.4, -0.2) is 33.1 Å². The van der Waals surface area contributed by atoms with Crippen molar-refractivity contribution in [2.24, 2.45) is 0 Å². The molecular formula is C20H25N3O3. The SMILES string of the molecule is CC[C@@H](O)Cn1nc(-c2ccc(C)o2)nc1CCc1cccc(OC)c1. The Hall–Kier alpha value is -2.60. The lowest BCUT2D eigenvalue weighted by Crippen LogP contribution is -2.18. The number of methoxy groups -OCH3 is 1. The molecule has 138 valence electrons. The number of hydrogen-bond acceptors (Lipinski definition) is 5. The van der Waals surface area contributed by atoms with Crippen LogP contribution in [0.3, 0.4) is 0 Å². The second-order valence-corrected chi connectivity index (χ2v) is 6.36. The number of aliphatic hydroxyl groups is 1. The number of aliphatic hydroxyl groups excluding tert-OH is 1. The molecule has 2 aromatic heterocycles. The van der Waals surface area contributed by atoms with Crippen LogP contribution in [0.15, 0.2) is 40.8 Å². The minimum atomic E-state index is -0.446. The maximum atomic E-state index is 10.0. The summed E-state index contributed by atoms with van der Waals surface area (Å²) in [5.74, 6) is 3.71. The molecule has 1 atom stereocenters. The van der Waals surface area contributed by atoms with E-state index in [4.69, 9.17) is 9.15 Å². The molecule has 0 unspecified atom stereocenters. The first-order chi connectivity index (χ1) is 12.6. The maximum absolute atomic E-state index is 10.0. The number of benzene rings is 1. The normalized spacial score (nSPS) is 12.3. The molecule has 2 heterocycles. The highest BCUT2D eigenvalue weighted by molar-refractivity contribution is 5.46. The van der Waals surface area contributed by atoms with E-state index < -0.39 is 6.10 Å². The smallest absolute Gasteiger partial charge is 0.217 e. The van der Waals surface area contributed by atoms with Crippen molar-refractivity contribution < 1.29 is 14.3 Å². The molecular weight excluding hydrogens is 330 g/mol. The second kappa shape index (κ2) is 8.19. The monoisotopic (exact) mass is 355 g/mol. The molecule has 0 saturated heterocycles. The molecule has 0 saturated carbocycles. The number of furan rings is 1. The van der Waals surface area contributed by atoms with Gasteiger partial charge in [-0.15, -0.1) is 5.10 Å². The molecule has 26 heavy (non-hydrogen) atoms. The fourth-order valence-corrected chi connectivity index (χ4v) is 2.78. The van der Waals surface area contributed by atoms with Gasteiger partial charge in [-0.25, -0.2) is 9.67 Å². The van der Waals surface area contributed by atoms with Crippen molar-refractivity contribution in [2.45, 2.75) is 45.8 Å². The number of nitrogens with zero attached hydrogens (tertiary/aromatic N) is 3. The van der Waals surface area contributed by atoms with Crippen LogP contribution in [0.1, 0.15) is 30.5 Å². The van der Waals surface area contributed by atoms with Crippen LogP contribution in [0.5, 0.6) is 5.75 Å². The highest BCUT2D eigenvalue weighted by Gasteiger charge is 2.16. The Morgan fingerprint density at radius 3 is 2.77 bits per heavy atom. The van der Waals surface area contributed by atoms with Gasteiger partial charge in [0.05, 0.1) is 19.8 Å². The zero-order chi connectivity index (χ0) is 18.5. The molecule has 0 aliphatic carbocycles. The summed E-state index contributed by atoms with van der Waals surface area (Å²) in [4.78, 5) is 4.65. The summed E-state index contributed by atoms with van der Waals surface area (Å²) in [5.41, 5.74) is 1.17. The quantitative estimate of drug-likeness (QED) is 0.670. The van der Waals surface area contributed by atoms with E-state index in [-0.39, 0.29) is 0 Å². The van der Waals surface area contributed by atoms with Crippen LogP contribution in [0.4, 0.5) is 0 Å². The number of hydrogen-bond donors (Lipinski definition) is 1. The average Bonchev–Trinajstić information content (AvgIpc) is 3.26. The van der Waals surface area contributed by atoms with Crippen LogP contribution in [-0.2, 0) is 19.4 Å². The molecule has 0 amide bonds. The van der Waals surface area contributed by atoms with E-state index in [1.165, 1.54) is 5.56 Å². The van der Waals surface area contributed by atoms with Gasteiger partial charge >= 0.3 is 0 Å². The third-order valence-corrected chi connectivity index (χ3v) is 4.34. The lowest BCUT2D eigenvalue weighted by atomic mass is 10.1. The third-order valence-electron chi connectivity index (χ3n) is 4.34. The van der Waals surface area contributed by atoms with E-state index in [0.29, 0.717) is 24.6 Å². The first-order valence-corrected chi connectivity index (χ1v) is 8.90. The first-order valence-electron chi connectivity index (χ1n) is 8.90. The second-order valence-electron chi connectivity index (χ2n) is 6.36. The fourth-order valence-electron chi connectivity index (χ4n) is 2.78. The molecule has 6 nitrogen and oxygen atoms in total. The Kier molecular flexibility index (Phi) is 5.73. The van der Waals surface area contributed by atoms with Crippen molar-refractivity contribution in [3.63, 3.8) is 0 Å². The van der Waals surface area contributed by atoms with Crippen molar-refractivity contribution in [1.29, 1.82) is 0 Å². The minimum absolute atomic E-state index is 0.427. The van der Waals surface area contributed by atoms with E-state index in [1.54, 1.807) is 11.8 Å². The Morgan fingerprint density at radius 2 is 2.08 bits per heavy atom. The van der Waals surface area contributed by atoms with Crippen LogP contribution < -0.4 is 4.74 Å². The summed E-state index contributed by atoms with van der Waals surface area (Å²) >= 11 is 0. The van der Waals surface area contributed by atoms with Gasteiger partial charge in [0, 0.05) is 6.42 Å². The van der Waals surface area contributed by atoms with Gasteiger partial charge in [-0.3, -0.25) is 0 Å². The zero-order valence-corrected chi connectivity index (χ0v) is 15.5. The molecule has 0 aliphatic heterocycles. The highest BCUT2D eigenvalue weighted by Crippen LogP contribution is 2.20. The summed E-state index contributed by atoms with van der Waals surface area (Å²) in [6, 6.07) is 11.8. The van der Waals surface area contributed by atoms with Crippen molar-refractivity contribution in [2.75, 3.05) is 7.11 Å². The topological polar surface area (TPSA) is 73.3 Å². The molecule has 3 aromatic rings. The summed E-state index contributed by atoms with van der Waals surface area (Å²) in [7, 11) is 1.67. The standard InChI is InChI=1S/C20H25N3O3/c1-4-16(24)13-23-19(11-9-15-6-5-7-17(12-15)25-3)21-20(22-23)18-10-8-14(2)26-18/h5-8,10,12,16,24H,4,9,11,13H2,1-3H3/t16-/m1/s1. The van der Waals surface area contributed by atoms with Crippen LogP contribution >= 0.6 is 0 Å². The summed E-state index contributed by atoms with van der Waals surface area (Å²) in [6.07, 6.45) is 1.76. The molecule has 1 N–H and O–H groups in total. The van der Waals surface area contributed by atoms with E-state index in [0.717, 1.165) is 30.2 Å². The van der Waals surface area contributed by atoms with Crippen molar-refractivity contribution in [1.82, 2.24) is 14.8 Å². The summed E-state index contributed by atoms with van der Waals surface area (Å²) in [5, 5.41) is 14.6. The fraction of sp³-hybridized carbons (Fsp3) is 0.400. The molecule has 0 spiro atoms. The van der Waals surface area contributed by atoms with E-state index in [9.17, 15) is 5.11 Å². The van der Waals surface area contributed by atoms with Crippen molar-refractivity contribution in [3.05, 3.63) is 53.5 Å². The Labute approximate surface area is 153 Å². The molecule has 1 aromatic carbocycles. The highest BCUT2D eigenvalue weighted by atomic mass is 16.5. The largest absolute Gasteiger partial charge is 0.497 e. The van der Waals surface area contributed by atoms with Crippen molar-refractivity contribution in [3.8, 4) is 17.3 Å². The molecule has 0 aliphatic rings. The minimum Gasteiger partial charge on any atom is -0.497 e. The lowest BCUT2D eigenvalue weighted by Gasteiger charge is -2.10. The number of ether oxygens (including phenoxy) is 1. The Morgan fingerprint density at radius 1 is 1.23 bits per heavy atom. The molecule has 3 rings (SSSR count). The number of aromatic nitrogens is 3. The van der Waals surface area contributed by atoms with E-state index >= 15 is 0 Å². The van der Waals surface area contributed by atoms with Gasteiger partial charge < -0.3 is 14.3 Å². The van der Waals surface area contributed by atoms with Gasteiger partial charge in [-0.2, -0.15) is 0 Å². The number of aryl methyl sites for hydroxylation is 3. The zero-order valence-electron chi connectivity index (χ0n) is 15.5. The molecule has 0 radical (unpaired) electrons. The van der Waals surface area contributed by atoms with E-state index in [1.807, 2.05) is 44.2 Å². The van der Waals surface area contributed by atoms with Gasteiger partial charge in [0.25, 0.3) is 0 Å². The van der Waals surface area contributed by atoms with Gasteiger partial charge in [-0.05, 0) is 49.6 Å². The van der Waals surface area contributed by atoms with Crippen LogP contribution in [0, 0.1) is 6.92 Å². The Balaban J connectivity index is 1.82. The lowest BCUT2D eigenvalue weighted by molar-refractivity contribution is 0.144. The Bertz CT molecular complexity index is 854. The maximum Gasteiger partial charge on any atom is 0.217 e. The summed E-state index contributed by atoms with van der Waals surface area (Å²) in [6.45, 7) is 4.27. The predicted octanol–water partition coefficient (Wildman–Crippen LogP) is 3.41. The number of rotatable bonds is 8. The van der Waals surface area contributed by atoms with Crippen LogP contribution in [0.2, 0.25) is 0 Å². The van der Waals surface area contributed by atoms with Gasteiger partial charge in [0.1, 0.15) is 17.3 Å². The summed E-state index contributed by atoms with van der Waals surface area (Å²) < 4.78 is 12.7. The van der Waals surface area contributed by atoms with Gasteiger partial charge in [0.2, 0.25) is 5.82 Å². The van der Waals surface area contributed by atoms with Gasteiger partial charge in [0.15, 0.2) is 5.76 Å².